The van der Waals surface area contributed by atoms with E-state index in [0.717, 1.165) is 0 Å². The van der Waals surface area contributed by atoms with Crippen LogP contribution in [0, 0.1) is 0 Å². The largest absolute Gasteiger partial charge is 0.497 e. The maximum atomic E-state index is 12.7. The van der Waals surface area contributed by atoms with Crippen molar-refractivity contribution >= 4 is 35.2 Å². The number of ether oxygens (including phenoxy) is 3. The van der Waals surface area contributed by atoms with Gasteiger partial charge in [0, 0.05) is 16.6 Å². The molecular formula is C25H24N2O6S. The fourth-order valence-electron chi connectivity index (χ4n) is 2.91. The third kappa shape index (κ3) is 7.56. The Hall–Kier alpha value is -3.98. The summed E-state index contributed by atoms with van der Waals surface area (Å²) >= 11 is 1.24. The van der Waals surface area contributed by atoms with Crippen LogP contribution < -0.4 is 20.5 Å². The summed E-state index contributed by atoms with van der Waals surface area (Å²) in [6.07, 6.45) is 0. The average Bonchev–Trinajstić information content (AvgIpc) is 2.85. The van der Waals surface area contributed by atoms with Crippen LogP contribution in [0.25, 0.3) is 0 Å². The van der Waals surface area contributed by atoms with Gasteiger partial charge >= 0.3 is 5.97 Å². The number of esters is 1. The number of carbonyl (C=O) groups excluding carboxylic acids is 3. The minimum absolute atomic E-state index is 0.0158. The molecular weight excluding hydrogens is 456 g/mol. The first-order valence-corrected chi connectivity index (χ1v) is 11.3. The van der Waals surface area contributed by atoms with Crippen molar-refractivity contribution in [2.45, 2.75) is 11.5 Å². The zero-order chi connectivity index (χ0) is 24.3. The zero-order valence-electron chi connectivity index (χ0n) is 18.5. The molecule has 0 saturated carbocycles. The van der Waals surface area contributed by atoms with E-state index in [9.17, 15) is 14.4 Å². The normalized spacial score (nSPS) is 10.3. The van der Waals surface area contributed by atoms with Crippen LogP contribution in [0.15, 0.2) is 77.7 Å². The number of hydrogen-bond donors (Lipinski definition) is 2. The summed E-state index contributed by atoms with van der Waals surface area (Å²) in [5, 5.41) is 2.81. The van der Waals surface area contributed by atoms with Crippen molar-refractivity contribution in [3.63, 3.8) is 0 Å². The first kappa shape index (κ1) is 24.7. The van der Waals surface area contributed by atoms with E-state index < -0.39 is 11.9 Å². The van der Waals surface area contributed by atoms with E-state index in [4.69, 9.17) is 19.9 Å². The van der Waals surface area contributed by atoms with Crippen molar-refractivity contribution in [2.75, 3.05) is 24.8 Å². The number of hydrogen-bond acceptors (Lipinski definition) is 7. The van der Waals surface area contributed by atoms with Crippen molar-refractivity contribution < 1.29 is 28.6 Å². The van der Waals surface area contributed by atoms with Crippen LogP contribution in [0.4, 0.5) is 5.69 Å². The van der Waals surface area contributed by atoms with Gasteiger partial charge in [0.05, 0.1) is 18.4 Å². The van der Waals surface area contributed by atoms with Crippen LogP contribution in [0.3, 0.4) is 0 Å². The van der Waals surface area contributed by atoms with Crippen LogP contribution in [0.1, 0.15) is 15.9 Å². The zero-order valence-corrected chi connectivity index (χ0v) is 19.3. The molecule has 0 aliphatic heterocycles. The average molecular weight is 481 g/mol. The Kier molecular flexibility index (Phi) is 8.93. The minimum Gasteiger partial charge on any atom is -0.497 e. The number of anilines is 1. The highest BCUT2D eigenvalue weighted by molar-refractivity contribution is 8.00. The topological polar surface area (TPSA) is 117 Å². The molecule has 3 N–H and O–H groups in total. The third-order valence-corrected chi connectivity index (χ3v) is 5.54. The lowest BCUT2D eigenvalue weighted by Gasteiger charge is -2.11. The number of benzene rings is 3. The molecule has 0 heterocycles. The Balaban J connectivity index is 1.56. The number of amides is 2. The second-order valence-corrected chi connectivity index (χ2v) is 8.06. The monoisotopic (exact) mass is 480 g/mol. The standard InChI is InChI=1S/C25H24N2O6S/c1-31-19-8-5-7-18(13-19)27-24(29)16-34-22-11-3-2-10-21(22)25(30)33-14-17-6-4-9-20(12-17)32-15-23(26)28/h2-13H,14-16H2,1H3,(H2,26,28)(H,27,29). The van der Waals surface area contributed by atoms with Gasteiger partial charge in [-0.15, -0.1) is 11.8 Å². The Morgan fingerprint density at radius 2 is 1.71 bits per heavy atom. The molecule has 0 spiro atoms. The molecule has 176 valence electrons. The lowest BCUT2D eigenvalue weighted by Crippen LogP contribution is -2.20. The molecule has 0 bridgehead atoms. The molecule has 3 rings (SSSR count). The highest BCUT2D eigenvalue weighted by atomic mass is 32.2. The molecule has 0 aliphatic carbocycles. The van der Waals surface area contributed by atoms with Crippen molar-refractivity contribution in [3.05, 3.63) is 83.9 Å². The van der Waals surface area contributed by atoms with Crippen molar-refractivity contribution in [3.8, 4) is 11.5 Å². The maximum Gasteiger partial charge on any atom is 0.339 e. The van der Waals surface area contributed by atoms with Gasteiger partial charge in [0.15, 0.2) is 6.61 Å². The van der Waals surface area contributed by atoms with Crippen LogP contribution in [0.5, 0.6) is 11.5 Å². The molecule has 0 aliphatic rings. The molecule has 0 unspecified atom stereocenters. The Morgan fingerprint density at radius 3 is 2.50 bits per heavy atom. The van der Waals surface area contributed by atoms with Crippen LogP contribution in [-0.2, 0) is 20.9 Å². The smallest absolute Gasteiger partial charge is 0.339 e. The van der Waals surface area contributed by atoms with Gasteiger partial charge in [-0.1, -0.05) is 30.3 Å². The Bertz CT molecular complexity index is 1170. The van der Waals surface area contributed by atoms with Crippen molar-refractivity contribution in [1.82, 2.24) is 0 Å². The number of primary amides is 1. The summed E-state index contributed by atoms with van der Waals surface area (Å²) in [5.41, 5.74) is 6.76. The predicted molar refractivity (Wildman–Crippen MR) is 129 cm³/mol. The van der Waals surface area contributed by atoms with E-state index in [1.54, 1.807) is 79.9 Å². The van der Waals surface area contributed by atoms with Crippen LogP contribution in [-0.4, -0.2) is 37.3 Å². The summed E-state index contributed by atoms with van der Waals surface area (Å²) < 4.78 is 15.9. The lowest BCUT2D eigenvalue weighted by molar-refractivity contribution is -0.120. The summed E-state index contributed by atoms with van der Waals surface area (Å²) in [6, 6.07) is 20.8. The number of rotatable bonds is 11. The summed E-state index contributed by atoms with van der Waals surface area (Å²) in [7, 11) is 1.56. The number of nitrogens with two attached hydrogens (primary N) is 1. The first-order valence-electron chi connectivity index (χ1n) is 10.3. The van der Waals surface area contributed by atoms with Gasteiger partial charge in [-0.25, -0.2) is 4.79 Å². The van der Waals surface area contributed by atoms with Gasteiger partial charge in [0.25, 0.3) is 5.91 Å². The number of nitrogens with one attached hydrogen (secondary N) is 1. The highest BCUT2D eigenvalue weighted by Gasteiger charge is 2.15. The minimum atomic E-state index is -0.580. The molecule has 9 heteroatoms. The fourth-order valence-corrected chi connectivity index (χ4v) is 3.75. The number of methoxy groups -OCH3 is 1. The maximum absolute atomic E-state index is 12.7. The SMILES string of the molecule is COc1cccc(NC(=O)CSc2ccccc2C(=O)OCc2cccc(OCC(N)=O)c2)c1. The van der Waals surface area contributed by atoms with Crippen molar-refractivity contribution in [2.24, 2.45) is 5.73 Å². The number of thioether (sulfide) groups is 1. The second-order valence-electron chi connectivity index (χ2n) is 7.04. The van der Waals surface area contributed by atoms with E-state index in [2.05, 4.69) is 5.32 Å². The molecule has 0 saturated heterocycles. The summed E-state index contributed by atoms with van der Waals surface area (Å²) in [5.74, 6) is -0.105. The summed E-state index contributed by atoms with van der Waals surface area (Å²) in [6.45, 7) is -0.221. The van der Waals surface area contributed by atoms with Crippen LogP contribution in [0.2, 0.25) is 0 Å². The number of carbonyl (C=O) groups is 3. The predicted octanol–water partition coefficient (Wildman–Crippen LogP) is 3.65. The second kappa shape index (κ2) is 12.3. The quantitative estimate of drug-likeness (QED) is 0.318. The van der Waals surface area contributed by atoms with E-state index >= 15 is 0 Å². The molecule has 0 radical (unpaired) electrons. The van der Waals surface area contributed by atoms with Gasteiger partial charge in [-0.05, 0) is 42.0 Å². The highest BCUT2D eigenvalue weighted by Crippen LogP contribution is 2.25. The van der Waals surface area contributed by atoms with Gasteiger partial charge < -0.3 is 25.3 Å². The van der Waals surface area contributed by atoms with E-state index in [1.807, 2.05) is 0 Å². The molecule has 2 amide bonds. The molecule has 8 nitrogen and oxygen atoms in total. The van der Waals surface area contributed by atoms with E-state index in [-0.39, 0.29) is 24.9 Å². The molecule has 0 aromatic heterocycles. The molecule has 0 fully saturated rings. The van der Waals surface area contributed by atoms with E-state index in [0.29, 0.717) is 33.2 Å². The lowest BCUT2D eigenvalue weighted by atomic mass is 10.2. The van der Waals surface area contributed by atoms with Gasteiger partial charge in [-0.3, -0.25) is 9.59 Å². The fraction of sp³-hybridized carbons (Fsp3) is 0.160. The molecule has 3 aromatic carbocycles. The summed E-state index contributed by atoms with van der Waals surface area (Å²) in [4.78, 5) is 36.6. The van der Waals surface area contributed by atoms with Crippen LogP contribution >= 0.6 is 11.8 Å². The van der Waals surface area contributed by atoms with Gasteiger partial charge in [0.1, 0.15) is 18.1 Å². The van der Waals surface area contributed by atoms with Gasteiger partial charge in [0.2, 0.25) is 5.91 Å². The Morgan fingerprint density at radius 1 is 0.941 bits per heavy atom. The molecule has 3 aromatic rings. The molecule has 34 heavy (non-hydrogen) atoms. The third-order valence-electron chi connectivity index (χ3n) is 4.47. The van der Waals surface area contributed by atoms with Gasteiger partial charge in [-0.2, -0.15) is 0 Å². The Labute approximate surface area is 201 Å². The molecule has 0 atom stereocenters. The first-order chi connectivity index (χ1) is 16.4. The van der Waals surface area contributed by atoms with E-state index in [1.165, 1.54) is 11.8 Å². The van der Waals surface area contributed by atoms with Crippen molar-refractivity contribution in [1.29, 1.82) is 0 Å².